The molecule has 0 bridgehead atoms. The second-order valence-electron chi connectivity index (χ2n) is 10.1. The van der Waals surface area contributed by atoms with Crippen LogP contribution in [0.15, 0.2) is 46.6 Å². The summed E-state index contributed by atoms with van der Waals surface area (Å²) in [6, 6.07) is 0. The van der Waals surface area contributed by atoms with Gasteiger partial charge >= 0.3 is 0 Å². The molecule has 0 heterocycles. The molecule has 2 heteroatoms. The van der Waals surface area contributed by atoms with Gasteiger partial charge in [-0.2, -0.15) is 0 Å². The maximum absolute atomic E-state index is 13.1. The lowest BCUT2D eigenvalue weighted by Crippen LogP contribution is -2.45. The molecule has 3 atom stereocenters. The number of hydrogen-bond donors (Lipinski definition) is 0. The number of Topliss-reactive ketones (excluding diaryl/α,β-unsaturated/α-hetero) is 1. The minimum Gasteiger partial charge on any atom is -0.299 e. The molecule has 0 aliphatic heterocycles. The highest BCUT2D eigenvalue weighted by atomic mass is 16.1. The van der Waals surface area contributed by atoms with E-state index >= 15 is 0 Å². The van der Waals surface area contributed by atoms with E-state index in [9.17, 15) is 9.59 Å². The Morgan fingerprint density at radius 1 is 1.00 bits per heavy atom. The Labute approximate surface area is 155 Å². The van der Waals surface area contributed by atoms with E-state index in [2.05, 4.69) is 26.0 Å². The van der Waals surface area contributed by atoms with E-state index in [0.29, 0.717) is 5.78 Å². The van der Waals surface area contributed by atoms with Gasteiger partial charge in [0.2, 0.25) is 0 Å². The Kier molecular flexibility index (Phi) is 2.50. The van der Waals surface area contributed by atoms with Crippen LogP contribution in [0.25, 0.3) is 0 Å². The molecule has 0 saturated heterocycles. The quantitative estimate of drug-likeness (QED) is 0.617. The zero-order chi connectivity index (χ0) is 17.9. The molecule has 2 nitrogen and oxygen atoms in total. The molecule has 134 valence electrons. The van der Waals surface area contributed by atoms with Crippen LogP contribution in [0.3, 0.4) is 0 Å². The van der Waals surface area contributed by atoms with Crippen LogP contribution in [-0.2, 0) is 9.59 Å². The van der Waals surface area contributed by atoms with E-state index in [-0.39, 0.29) is 27.4 Å². The fourth-order valence-corrected chi connectivity index (χ4v) is 7.44. The van der Waals surface area contributed by atoms with Crippen molar-refractivity contribution in [2.75, 3.05) is 0 Å². The molecule has 26 heavy (non-hydrogen) atoms. The van der Waals surface area contributed by atoms with Gasteiger partial charge in [0.25, 0.3) is 0 Å². The Hall–Kier alpha value is -1.70. The summed E-state index contributed by atoms with van der Waals surface area (Å²) in [6.07, 6.45) is 16.6. The van der Waals surface area contributed by atoms with Crippen LogP contribution in [0.4, 0.5) is 0 Å². The Bertz CT molecular complexity index is 922. The molecule has 0 amide bonds. The second-order valence-corrected chi connectivity index (χ2v) is 10.1. The van der Waals surface area contributed by atoms with Crippen molar-refractivity contribution in [2.24, 2.45) is 21.7 Å². The molecule has 6 aliphatic rings. The van der Waals surface area contributed by atoms with Crippen LogP contribution in [0.5, 0.6) is 0 Å². The van der Waals surface area contributed by atoms with Gasteiger partial charge in [0, 0.05) is 11.8 Å². The molecular formula is C24H26O2. The summed E-state index contributed by atoms with van der Waals surface area (Å²) in [7, 11) is 0. The largest absolute Gasteiger partial charge is 0.299 e. The molecule has 2 fully saturated rings. The van der Waals surface area contributed by atoms with Gasteiger partial charge in [-0.05, 0) is 91.6 Å². The molecule has 0 radical (unpaired) electrons. The lowest BCUT2D eigenvalue weighted by molar-refractivity contribution is -0.127. The van der Waals surface area contributed by atoms with Gasteiger partial charge in [0.05, 0.1) is 5.41 Å². The minimum absolute atomic E-state index is 0.110. The lowest BCUT2D eigenvalue weighted by atomic mass is 9.51. The average Bonchev–Trinajstić information content (AvgIpc) is 3.25. The van der Waals surface area contributed by atoms with E-state index in [0.717, 1.165) is 38.5 Å². The van der Waals surface area contributed by atoms with E-state index in [1.165, 1.54) is 35.1 Å². The normalized spacial score (nSPS) is 44.4. The van der Waals surface area contributed by atoms with Crippen molar-refractivity contribution in [2.45, 2.75) is 65.2 Å². The minimum atomic E-state index is -0.201. The predicted molar refractivity (Wildman–Crippen MR) is 100 cm³/mol. The summed E-state index contributed by atoms with van der Waals surface area (Å²) in [5.41, 5.74) is 5.80. The predicted octanol–water partition coefficient (Wildman–Crippen LogP) is 5.02. The van der Waals surface area contributed by atoms with Crippen molar-refractivity contribution in [3.63, 3.8) is 0 Å². The third-order valence-corrected chi connectivity index (χ3v) is 9.06. The molecule has 0 aromatic carbocycles. The summed E-state index contributed by atoms with van der Waals surface area (Å²) in [5.74, 6) is 0.653. The highest BCUT2D eigenvalue weighted by Crippen LogP contribution is 2.74. The van der Waals surface area contributed by atoms with Gasteiger partial charge in [-0.1, -0.05) is 24.6 Å². The number of rotatable bonds is 0. The number of carbonyl (C=O) groups is 2. The molecular weight excluding hydrogens is 320 g/mol. The molecule has 2 unspecified atom stereocenters. The first-order chi connectivity index (χ1) is 12.3. The number of hydrogen-bond acceptors (Lipinski definition) is 2. The molecule has 6 rings (SSSR count). The summed E-state index contributed by atoms with van der Waals surface area (Å²) >= 11 is 0. The zero-order valence-corrected chi connectivity index (χ0v) is 15.8. The lowest BCUT2D eigenvalue weighted by Gasteiger charge is -2.52. The van der Waals surface area contributed by atoms with Gasteiger partial charge in [-0.15, -0.1) is 0 Å². The van der Waals surface area contributed by atoms with E-state index in [4.69, 9.17) is 0 Å². The summed E-state index contributed by atoms with van der Waals surface area (Å²) < 4.78 is 0. The van der Waals surface area contributed by atoms with Crippen molar-refractivity contribution < 1.29 is 9.59 Å². The fraction of sp³-hybridized carbons (Fsp3) is 0.583. The standard InChI is InChI=1S/C24H26O2/c1-21-7-4-18-16-14-23(11-12-23)19-13-15(25)3-9-22(19,2)17(16)5-10-24(18,21)20(26)6-8-21/h3-4,9,13H,5-8,10-12,14H2,1-2H3/t21-,22?,24?/m0/s1. The first-order valence-electron chi connectivity index (χ1n) is 10.3. The first-order valence-corrected chi connectivity index (χ1v) is 10.3. The summed E-state index contributed by atoms with van der Waals surface area (Å²) in [5, 5.41) is 0. The highest BCUT2D eigenvalue weighted by Gasteiger charge is 2.66. The van der Waals surface area contributed by atoms with Gasteiger partial charge in [-0.25, -0.2) is 0 Å². The third kappa shape index (κ3) is 1.46. The third-order valence-electron chi connectivity index (χ3n) is 9.06. The van der Waals surface area contributed by atoms with Gasteiger partial charge < -0.3 is 0 Å². The average molecular weight is 346 g/mol. The van der Waals surface area contributed by atoms with Crippen LogP contribution >= 0.6 is 0 Å². The van der Waals surface area contributed by atoms with Crippen LogP contribution in [0, 0.1) is 21.7 Å². The van der Waals surface area contributed by atoms with Gasteiger partial charge in [-0.3, -0.25) is 9.59 Å². The molecule has 0 N–H and O–H groups in total. The van der Waals surface area contributed by atoms with Gasteiger partial charge in [0.1, 0.15) is 5.78 Å². The van der Waals surface area contributed by atoms with Crippen LogP contribution in [0.1, 0.15) is 65.2 Å². The molecule has 0 aromatic rings. The van der Waals surface area contributed by atoms with Crippen molar-refractivity contribution in [1.82, 2.24) is 0 Å². The highest BCUT2D eigenvalue weighted by molar-refractivity contribution is 6.02. The molecule has 2 saturated carbocycles. The molecule has 0 aromatic heterocycles. The maximum Gasteiger partial charge on any atom is 0.178 e. The summed E-state index contributed by atoms with van der Waals surface area (Å²) in [4.78, 5) is 25.3. The maximum atomic E-state index is 13.1. The second kappa shape index (κ2) is 4.24. The van der Waals surface area contributed by atoms with E-state index in [1.807, 2.05) is 6.08 Å². The van der Waals surface area contributed by atoms with Gasteiger partial charge in [0.15, 0.2) is 5.78 Å². The topological polar surface area (TPSA) is 34.1 Å². The fourth-order valence-electron chi connectivity index (χ4n) is 7.44. The zero-order valence-electron chi connectivity index (χ0n) is 15.8. The van der Waals surface area contributed by atoms with Crippen LogP contribution in [-0.4, -0.2) is 11.6 Å². The van der Waals surface area contributed by atoms with Crippen LogP contribution in [0.2, 0.25) is 0 Å². The monoisotopic (exact) mass is 346 g/mol. The molecule has 6 aliphatic carbocycles. The Morgan fingerprint density at radius 3 is 2.58 bits per heavy atom. The van der Waals surface area contributed by atoms with E-state index < -0.39 is 0 Å². The van der Waals surface area contributed by atoms with Crippen molar-refractivity contribution in [3.8, 4) is 0 Å². The van der Waals surface area contributed by atoms with Crippen molar-refractivity contribution >= 4 is 11.6 Å². The van der Waals surface area contributed by atoms with Crippen LogP contribution < -0.4 is 0 Å². The number of carbonyl (C=O) groups excluding carboxylic acids is 2. The SMILES string of the molecule is CC12C=CC(=O)C=C1C1(CC1)CC1=C2CCC23C(=O)CC[C@]2(C)CC=C13. The smallest absolute Gasteiger partial charge is 0.178 e. The Balaban J connectivity index is 1.58. The number of fused-ring (bicyclic) bond motifs is 4. The van der Waals surface area contributed by atoms with Crippen molar-refractivity contribution in [3.05, 3.63) is 46.6 Å². The number of allylic oxidation sites excluding steroid dienone is 8. The van der Waals surface area contributed by atoms with Crippen molar-refractivity contribution in [1.29, 1.82) is 0 Å². The number of ketones is 2. The molecule has 2 spiro atoms. The first kappa shape index (κ1) is 15.4. The summed E-state index contributed by atoms with van der Waals surface area (Å²) in [6.45, 7) is 4.68. The van der Waals surface area contributed by atoms with E-state index in [1.54, 1.807) is 6.08 Å². The Morgan fingerprint density at radius 2 is 1.81 bits per heavy atom.